The van der Waals surface area contributed by atoms with Crippen molar-refractivity contribution in [3.63, 3.8) is 0 Å². The maximum atomic E-state index is 13.0. The van der Waals surface area contributed by atoms with E-state index >= 15 is 0 Å². The Morgan fingerprint density at radius 1 is 1.35 bits per heavy atom. The van der Waals surface area contributed by atoms with Crippen LogP contribution in [0.25, 0.3) is 0 Å². The van der Waals surface area contributed by atoms with E-state index in [2.05, 4.69) is 11.2 Å². The summed E-state index contributed by atoms with van der Waals surface area (Å²) in [5, 5.41) is 3.02. The predicted molar refractivity (Wildman–Crippen MR) is 73.9 cm³/mol. The summed E-state index contributed by atoms with van der Waals surface area (Å²) in [4.78, 5) is 0. The molecule has 2 nitrogen and oxygen atoms in total. The van der Waals surface area contributed by atoms with Crippen molar-refractivity contribution in [1.29, 1.82) is 0 Å². The minimum Gasteiger partial charge on any atom is -0.329 e. The third-order valence-corrected chi connectivity index (χ3v) is 3.06. The quantitative estimate of drug-likeness (QED) is 0.788. The molecule has 0 fully saturated rings. The molecule has 0 spiro atoms. The van der Waals surface area contributed by atoms with Crippen LogP contribution in [0, 0.1) is 12.3 Å². The lowest BCUT2D eigenvalue weighted by Crippen LogP contribution is -2.37. The predicted octanol–water partition coefficient (Wildman–Crippen LogP) is 3.10. The highest BCUT2D eigenvalue weighted by atomic mass is 19.4. The van der Waals surface area contributed by atoms with Gasteiger partial charge in [0.2, 0.25) is 0 Å². The zero-order valence-electron chi connectivity index (χ0n) is 11.4. The molecule has 0 aromatic heterocycles. The van der Waals surface area contributed by atoms with E-state index in [1.165, 1.54) is 12.1 Å². The topological polar surface area (TPSA) is 38.0 Å². The minimum atomic E-state index is -4.40. The highest BCUT2D eigenvalue weighted by Gasteiger charge is 2.34. The Morgan fingerprint density at radius 2 is 2.00 bits per heavy atom. The second-order valence-corrected chi connectivity index (χ2v) is 4.55. The number of hydrogen-bond acceptors (Lipinski definition) is 2. The molecule has 20 heavy (non-hydrogen) atoms. The van der Waals surface area contributed by atoms with Crippen LogP contribution in [0.15, 0.2) is 24.3 Å². The van der Waals surface area contributed by atoms with Crippen molar-refractivity contribution in [2.24, 2.45) is 5.73 Å². The molecule has 1 aromatic rings. The number of nitrogens with one attached hydrogen (secondary N) is 1. The largest absolute Gasteiger partial charge is 0.416 e. The van der Waals surface area contributed by atoms with E-state index < -0.39 is 17.8 Å². The summed E-state index contributed by atoms with van der Waals surface area (Å²) in [6.07, 6.45) is 2.53. The number of terminal acetylenes is 1. The molecule has 0 heterocycles. The Labute approximate surface area is 117 Å². The highest BCUT2D eigenvalue weighted by molar-refractivity contribution is 5.33. The zero-order valence-corrected chi connectivity index (χ0v) is 11.4. The molecule has 5 heteroatoms. The molecule has 0 aliphatic carbocycles. The zero-order chi connectivity index (χ0) is 15.2. The summed E-state index contributed by atoms with van der Waals surface area (Å²) < 4.78 is 39.0. The SMILES string of the molecule is C#CC(CCC)NC(CN)c1ccccc1C(F)(F)F. The number of alkyl halides is 3. The van der Waals surface area contributed by atoms with Crippen molar-refractivity contribution >= 4 is 0 Å². The Hall–Kier alpha value is -1.51. The summed E-state index contributed by atoms with van der Waals surface area (Å²) in [6, 6.07) is 4.54. The monoisotopic (exact) mass is 284 g/mol. The van der Waals surface area contributed by atoms with Gasteiger partial charge in [-0.2, -0.15) is 13.2 Å². The second-order valence-electron chi connectivity index (χ2n) is 4.55. The summed E-state index contributed by atoms with van der Waals surface area (Å²) in [5.74, 6) is 2.55. The molecule has 110 valence electrons. The van der Waals surface area contributed by atoms with E-state index in [0.717, 1.165) is 12.5 Å². The molecule has 0 saturated heterocycles. The summed E-state index contributed by atoms with van der Waals surface area (Å²) in [6.45, 7) is 2.02. The van der Waals surface area contributed by atoms with E-state index in [-0.39, 0.29) is 18.2 Å². The van der Waals surface area contributed by atoms with Gasteiger partial charge < -0.3 is 5.73 Å². The van der Waals surface area contributed by atoms with Crippen LogP contribution in [-0.4, -0.2) is 12.6 Å². The third-order valence-electron chi connectivity index (χ3n) is 3.06. The van der Waals surface area contributed by atoms with Gasteiger partial charge in [0.1, 0.15) is 0 Å². The van der Waals surface area contributed by atoms with Crippen molar-refractivity contribution in [2.75, 3.05) is 6.54 Å². The van der Waals surface area contributed by atoms with Crippen LogP contribution in [0.1, 0.15) is 36.9 Å². The van der Waals surface area contributed by atoms with Gasteiger partial charge in [0.05, 0.1) is 11.6 Å². The normalized spacial score (nSPS) is 14.6. The van der Waals surface area contributed by atoms with Gasteiger partial charge in [-0.25, -0.2) is 0 Å². The summed E-state index contributed by atoms with van der Waals surface area (Å²) in [7, 11) is 0. The highest BCUT2D eigenvalue weighted by Crippen LogP contribution is 2.34. The average Bonchev–Trinajstić information content (AvgIpc) is 2.42. The van der Waals surface area contributed by atoms with Crippen LogP contribution in [0.5, 0.6) is 0 Å². The lowest BCUT2D eigenvalue weighted by molar-refractivity contribution is -0.138. The number of benzene rings is 1. The number of rotatable bonds is 6. The standard InChI is InChI=1S/C15H19F3N2/c1-3-7-11(4-2)20-14(10-19)12-8-5-6-9-13(12)15(16,17)18/h2,5-6,8-9,11,14,20H,3,7,10,19H2,1H3. The van der Waals surface area contributed by atoms with E-state index in [9.17, 15) is 13.2 Å². The third kappa shape index (κ3) is 4.26. The number of nitrogens with two attached hydrogens (primary N) is 1. The second kappa shape index (κ2) is 7.32. The van der Waals surface area contributed by atoms with Crippen molar-refractivity contribution < 1.29 is 13.2 Å². The Bertz CT molecular complexity index is 463. The first-order chi connectivity index (χ1) is 9.43. The molecular weight excluding hydrogens is 265 g/mol. The molecule has 1 aromatic carbocycles. The average molecular weight is 284 g/mol. The first-order valence-electron chi connectivity index (χ1n) is 6.52. The van der Waals surface area contributed by atoms with Gasteiger partial charge in [0.15, 0.2) is 0 Å². The van der Waals surface area contributed by atoms with E-state index in [1.807, 2.05) is 6.92 Å². The molecule has 0 radical (unpaired) electrons. The molecule has 2 atom stereocenters. The number of hydrogen-bond donors (Lipinski definition) is 2. The van der Waals surface area contributed by atoms with E-state index in [1.54, 1.807) is 6.07 Å². The van der Waals surface area contributed by atoms with Gasteiger partial charge in [0.25, 0.3) is 0 Å². The summed E-state index contributed by atoms with van der Waals surface area (Å²) in [5.41, 5.74) is 5.08. The maximum absolute atomic E-state index is 13.0. The first-order valence-corrected chi connectivity index (χ1v) is 6.52. The minimum absolute atomic E-state index is 0.0506. The van der Waals surface area contributed by atoms with E-state index in [4.69, 9.17) is 12.2 Å². The Kier molecular flexibility index (Phi) is 6.05. The molecule has 0 saturated carbocycles. The molecule has 3 N–H and O–H groups in total. The lowest BCUT2D eigenvalue weighted by Gasteiger charge is -2.24. The molecule has 0 bridgehead atoms. The van der Waals surface area contributed by atoms with Gasteiger partial charge in [-0.1, -0.05) is 37.5 Å². The van der Waals surface area contributed by atoms with Crippen LogP contribution in [0.2, 0.25) is 0 Å². The van der Waals surface area contributed by atoms with Crippen molar-refractivity contribution in [1.82, 2.24) is 5.32 Å². The van der Waals surface area contributed by atoms with Crippen LogP contribution in [0.4, 0.5) is 13.2 Å². The smallest absolute Gasteiger partial charge is 0.329 e. The van der Waals surface area contributed by atoms with Crippen LogP contribution < -0.4 is 11.1 Å². The molecule has 1 rings (SSSR count). The van der Waals surface area contributed by atoms with Gasteiger partial charge in [-0.05, 0) is 18.1 Å². The lowest BCUT2D eigenvalue weighted by atomic mass is 9.98. The van der Waals surface area contributed by atoms with Crippen molar-refractivity contribution in [2.45, 2.75) is 38.0 Å². The van der Waals surface area contributed by atoms with Gasteiger partial charge in [0, 0.05) is 12.6 Å². The summed E-state index contributed by atoms with van der Waals surface area (Å²) >= 11 is 0. The van der Waals surface area contributed by atoms with Gasteiger partial charge >= 0.3 is 6.18 Å². The van der Waals surface area contributed by atoms with Crippen LogP contribution in [-0.2, 0) is 6.18 Å². The molecular formula is C15H19F3N2. The molecule has 0 amide bonds. The number of halogens is 3. The van der Waals surface area contributed by atoms with Crippen LogP contribution in [0.3, 0.4) is 0 Å². The fourth-order valence-corrected chi connectivity index (χ4v) is 2.09. The molecule has 0 aliphatic rings. The fourth-order valence-electron chi connectivity index (χ4n) is 2.09. The van der Waals surface area contributed by atoms with Crippen molar-refractivity contribution in [3.8, 4) is 12.3 Å². The first kappa shape index (κ1) is 16.5. The van der Waals surface area contributed by atoms with Gasteiger partial charge in [-0.15, -0.1) is 6.42 Å². The van der Waals surface area contributed by atoms with Gasteiger partial charge in [-0.3, -0.25) is 5.32 Å². The Morgan fingerprint density at radius 3 is 2.50 bits per heavy atom. The Balaban J connectivity index is 3.04. The van der Waals surface area contributed by atoms with Crippen molar-refractivity contribution in [3.05, 3.63) is 35.4 Å². The fraction of sp³-hybridized carbons (Fsp3) is 0.467. The van der Waals surface area contributed by atoms with E-state index in [0.29, 0.717) is 6.42 Å². The van der Waals surface area contributed by atoms with Crippen LogP contribution >= 0.6 is 0 Å². The molecule has 2 unspecified atom stereocenters. The molecule has 0 aliphatic heterocycles. The maximum Gasteiger partial charge on any atom is 0.416 e.